The number of benzene rings is 3. The van der Waals surface area contributed by atoms with E-state index in [1.54, 1.807) is 5.57 Å². The quantitative estimate of drug-likeness (QED) is 0.198. The second kappa shape index (κ2) is 11.0. The Morgan fingerprint density at radius 2 is 1.70 bits per heavy atom. The van der Waals surface area contributed by atoms with E-state index < -0.39 is 0 Å². The van der Waals surface area contributed by atoms with Crippen LogP contribution in [0.25, 0.3) is 31.3 Å². The first-order valence-corrected chi connectivity index (χ1v) is 17.9. The summed E-state index contributed by atoms with van der Waals surface area (Å²) in [4.78, 5) is 12.8. The Morgan fingerprint density at radius 3 is 2.57 bits per heavy atom. The molecule has 4 heteroatoms. The van der Waals surface area contributed by atoms with Crippen molar-refractivity contribution in [1.29, 1.82) is 0 Å². The predicted molar refractivity (Wildman–Crippen MR) is 198 cm³/mol. The summed E-state index contributed by atoms with van der Waals surface area (Å²) in [6.45, 7) is 7.14. The number of aromatic nitrogens is 2. The minimum atomic E-state index is -0.284. The second-order valence-corrected chi connectivity index (χ2v) is 15.2. The van der Waals surface area contributed by atoms with E-state index in [2.05, 4.69) is 141 Å². The Bertz CT molecular complexity index is 2200. The van der Waals surface area contributed by atoms with Gasteiger partial charge in [0, 0.05) is 38.0 Å². The molecule has 5 unspecified atom stereocenters. The monoisotopic (exact) mass is 629 g/mol. The van der Waals surface area contributed by atoms with Crippen molar-refractivity contribution in [3.05, 3.63) is 150 Å². The molecule has 1 aliphatic heterocycles. The topological polar surface area (TPSA) is 29.0 Å². The molecule has 5 atom stereocenters. The standard InChI is InChI=1S/C43H39N3S/c1-27-11-9-14-31(23-27)38-20-22-44-42(45-38)46-39-24-28(2)35(34-17-10-16-33-32-15-7-8-18-40(32)47-41(33)34)26-36(39)37-25-30(19-21-43(37,46)3)29-12-5-4-6-13-29/h4-22,25,27-28,35,37H,23-24,26H2,1-3H3. The number of thiophene rings is 1. The molecule has 9 rings (SSSR count). The van der Waals surface area contributed by atoms with Crippen molar-refractivity contribution in [3.63, 3.8) is 0 Å². The van der Waals surface area contributed by atoms with Crippen LogP contribution in [0.2, 0.25) is 0 Å². The van der Waals surface area contributed by atoms with Crippen LogP contribution in [0.5, 0.6) is 0 Å². The lowest BCUT2D eigenvalue weighted by Gasteiger charge is -2.40. The lowest BCUT2D eigenvalue weighted by atomic mass is 9.70. The van der Waals surface area contributed by atoms with Crippen LogP contribution < -0.4 is 4.90 Å². The van der Waals surface area contributed by atoms with Gasteiger partial charge in [-0.15, -0.1) is 11.3 Å². The van der Waals surface area contributed by atoms with E-state index in [1.165, 1.54) is 48.1 Å². The zero-order valence-electron chi connectivity index (χ0n) is 27.2. The lowest BCUT2D eigenvalue weighted by Crippen LogP contribution is -2.46. The van der Waals surface area contributed by atoms with Gasteiger partial charge in [-0.2, -0.15) is 0 Å². The van der Waals surface area contributed by atoms with Gasteiger partial charge in [-0.25, -0.2) is 9.97 Å². The molecule has 5 aromatic rings. The van der Waals surface area contributed by atoms with Gasteiger partial charge in [0.25, 0.3) is 0 Å². The van der Waals surface area contributed by atoms with Gasteiger partial charge in [0.2, 0.25) is 5.95 Å². The molecule has 2 aromatic heterocycles. The van der Waals surface area contributed by atoms with Crippen molar-refractivity contribution >= 4 is 48.6 Å². The van der Waals surface area contributed by atoms with E-state index in [0.717, 1.165) is 30.9 Å². The number of allylic oxidation sites excluding steroid dienone is 7. The Morgan fingerprint density at radius 1 is 0.872 bits per heavy atom. The first-order valence-electron chi connectivity index (χ1n) is 17.1. The molecule has 0 amide bonds. The van der Waals surface area contributed by atoms with Crippen LogP contribution >= 0.6 is 11.3 Å². The number of fused-ring (bicyclic) bond motifs is 5. The molecule has 0 fully saturated rings. The Balaban J connectivity index is 1.18. The SMILES string of the molecule is CC1C=CC=C(c2ccnc(N3C4=C(CC(c5cccc6c5sc5ccccc56)C(C)C4)C4C=C(c5ccccc5)C=CC43C)n2)C1. The normalized spacial score (nSPS) is 26.8. The van der Waals surface area contributed by atoms with Crippen LogP contribution in [0.3, 0.4) is 0 Å². The Hall–Kier alpha value is -4.54. The molecule has 4 aliphatic rings. The van der Waals surface area contributed by atoms with Crippen molar-refractivity contribution in [2.45, 2.75) is 51.5 Å². The van der Waals surface area contributed by atoms with E-state index in [9.17, 15) is 0 Å². The van der Waals surface area contributed by atoms with Crippen LogP contribution in [-0.2, 0) is 0 Å². The molecule has 3 heterocycles. The van der Waals surface area contributed by atoms with Gasteiger partial charge in [0.1, 0.15) is 0 Å². The van der Waals surface area contributed by atoms with Crippen molar-refractivity contribution < 1.29 is 0 Å². The van der Waals surface area contributed by atoms with Crippen molar-refractivity contribution in [1.82, 2.24) is 9.97 Å². The molecule has 3 aromatic carbocycles. The average molecular weight is 630 g/mol. The van der Waals surface area contributed by atoms with Crippen molar-refractivity contribution in [2.75, 3.05) is 4.90 Å². The van der Waals surface area contributed by atoms with Crippen LogP contribution in [-0.4, -0.2) is 15.5 Å². The molecule has 0 N–H and O–H groups in total. The van der Waals surface area contributed by atoms with Crippen LogP contribution in [0.15, 0.2) is 133 Å². The molecule has 0 spiro atoms. The minimum absolute atomic E-state index is 0.235. The number of anilines is 1. The number of nitrogens with zero attached hydrogens (tertiary/aromatic N) is 3. The number of hydrogen-bond acceptors (Lipinski definition) is 4. The van der Waals surface area contributed by atoms with E-state index in [-0.39, 0.29) is 11.5 Å². The highest BCUT2D eigenvalue weighted by Crippen LogP contribution is 2.57. The average Bonchev–Trinajstić information content (AvgIpc) is 3.60. The fourth-order valence-corrected chi connectivity index (χ4v) is 9.99. The van der Waals surface area contributed by atoms with Crippen molar-refractivity contribution in [2.24, 2.45) is 17.8 Å². The summed E-state index contributed by atoms with van der Waals surface area (Å²) in [6, 6.07) is 28.8. The second-order valence-electron chi connectivity index (χ2n) is 14.1. The highest BCUT2D eigenvalue weighted by atomic mass is 32.1. The van der Waals surface area contributed by atoms with Crippen LogP contribution in [0.1, 0.15) is 62.8 Å². The zero-order valence-corrected chi connectivity index (χ0v) is 28.0. The van der Waals surface area contributed by atoms with Gasteiger partial charge >= 0.3 is 0 Å². The van der Waals surface area contributed by atoms with E-state index in [4.69, 9.17) is 9.97 Å². The molecule has 47 heavy (non-hydrogen) atoms. The minimum Gasteiger partial charge on any atom is -0.304 e. The van der Waals surface area contributed by atoms with Gasteiger partial charge in [0.15, 0.2) is 0 Å². The molecular formula is C43H39N3S. The third-order valence-corrected chi connectivity index (χ3v) is 12.3. The van der Waals surface area contributed by atoms with Crippen LogP contribution in [0.4, 0.5) is 5.95 Å². The summed E-state index contributed by atoms with van der Waals surface area (Å²) in [5.41, 5.74) is 9.09. The molecule has 0 saturated heterocycles. The first-order chi connectivity index (χ1) is 23.0. The van der Waals surface area contributed by atoms with Crippen LogP contribution in [0, 0.1) is 17.8 Å². The summed E-state index contributed by atoms with van der Waals surface area (Å²) in [5, 5.41) is 2.77. The summed E-state index contributed by atoms with van der Waals surface area (Å²) in [7, 11) is 0. The first kappa shape index (κ1) is 28.7. The highest BCUT2D eigenvalue weighted by Gasteiger charge is 2.52. The van der Waals surface area contributed by atoms with Gasteiger partial charge in [-0.05, 0) is 83.9 Å². The number of hydrogen-bond donors (Lipinski definition) is 0. The maximum absolute atomic E-state index is 5.31. The maximum atomic E-state index is 5.31. The fraction of sp³-hybridized carbons (Fsp3) is 0.256. The van der Waals surface area contributed by atoms with Gasteiger partial charge in [-0.1, -0.05) is 117 Å². The Kier molecular flexibility index (Phi) is 6.72. The number of rotatable bonds is 4. The molecular weight excluding hydrogens is 591 g/mol. The van der Waals surface area contributed by atoms with Crippen molar-refractivity contribution in [3.8, 4) is 0 Å². The molecule has 3 aliphatic carbocycles. The third-order valence-electron chi connectivity index (χ3n) is 11.1. The summed E-state index contributed by atoms with van der Waals surface area (Å²) >= 11 is 1.96. The van der Waals surface area contributed by atoms with E-state index in [0.29, 0.717) is 17.8 Å². The maximum Gasteiger partial charge on any atom is 0.230 e. The molecule has 232 valence electrons. The van der Waals surface area contributed by atoms with Gasteiger partial charge < -0.3 is 4.90 Å². The highest BCUT2D eigenvalue weighted by molar-refractivity contribution is 7.26. The Labute approximate surface area is 281 Å². The van der Waals surface area contributed by atoms with E-state index in [1.807, 2.05) is 17.5 Å². The molecule has 0 bridgehead atoms. The zero-order chi connectivity index (χ0) is 31.7. The molecule has 3 nitrogen and oxygen atoms in total. The summed E-state index contributed by atoms with van der Waals surface area (Å²) < 4.78 is 2.83. The van der Waals surface area contributed by atoms with Gasteiger partial charge in [-0.3, -0.25) is 0 Å². The smallest absolute Gasteiger partial charge is 0.230 e. The summed E-state index contributed by atoms with van der Waals surface area (Å²) in [6.07, 6.45) is 19.0. The predicted octanol–water partition coefficient (Wildman–Crippen LogP) is 11.1. The van der Waals surface area contributed by atoms with Gasteiger partial charge in [0.05, 0.1) is 11.2 Å². The molecule has 0 radical (unpaired) electrons. The lowest BCUT2D eigenvalue weighted by molar-refractivity contribution is 0.420. The summed E-state index contributed by atoms with van der Waals surface area (Å²) in [5.74, 6) is 2.50. The van der Waals surface area contributed by atoms with E-state index >= 15 is 0 Å². The third kappa shape index (κ3) is 4.60. The molecule has 0 saturated carbocycles. The largest absolute Gasteiger partial charge is 0.304 e. The fourth-order valence-electron chi connectivity index (χ4n) is 8.71.